The van der Waals surface area contributed by atoms with Crippen LogP contribution in [0.3, 0.4) is 0 Å². The van der Waals surface area contributed by atoms with Crippen molar-refractivity contribution in [1.82, 2.24) is 10.3 Å². The fraction of sp³-hybridized carbons (Fsp3) is 0.667. The van der Waals surface area contributed by atoms with Gasteiger partial charge in [-0.3, -0.25) is 4.98 Å². The molecular weight excluding hydrogens is 222 g/mol. The van der Waals surface area contributed by atoms with Crippen LogP contribution in [0, 0.1) is 0 Å². The molecule has 0 spiro atoms. The van der Waals surface area contributed by atoms with Crippen molar-refractivity contribution in [3.8, 4) is 0 Å². The summed E-state index contributed by atoms with van der Waals surface area (Å²) in [5.74, 6) is 0. The van der Waals surface area contributed by atoms with Crippen molar-refractivity contribution in [2.75, 3.05) is 18.0 Å². The van der Waals surface area contributed by atoms with E-state index in [0.717, 1.165) is 13.1 Å². The zero-order valence-corrected chi connectivity index (χ0v) is 11.7. The number of hydrogen-bond donors (Lipinski definition) is 1. The van der Waals surface area contributed by atoms with Gasteiger partial charge in [0.1, 0.15) is 0 Å². The van der Waals surface area contributed by atoms with Crippen LogP contribution in [-0.4, -0.2) is 24.1 Å². The lowest BCUT2D eigenvalue weighted by Gasteiger charge is -2.36. The Kier molecular flexibility index (Phi) is 5.00. The van der Waals surface area contributed by atoms with Crippen molar-refractivity contribution >= 4 is 5.69 Å². The molecule has 0 aromatic carbocycles. The number of hydrogen-bond acceptors (Lipinski definition) is 3. The predicted octanol–water partition coefficient (Wildman–Crippen LogP) is 2.96. The van der Waals surface area contributed by atoms with Gasteiger partial charge in [0.2, 0.25) is 0 Å². The lowest BCUT2D eigenvalue weighted by molar-refractivity contribution is 0.483. The van der Waals surface area contributed by atoms with E-state index in [2.05, 4.69) is 35.1 Å². The highest BCUT2D eigenvalue weighted by atomic mass is 15.2. The van der Waals surface area contributed by atoms with Gasteiger partial charge in [0.05, 0.1) is 0 Å². The SMILES string of the molecule is CCCNCc1cnccc1N1CCCCC1C. The van der Waals surface area contributed by atoms with E-state index in [-0.39, 0.29) is 0 Å². The van der Waals surface area contributed by atoms with Gasteiger partial charge < -0.3 is 10.2 Å². The van der Waals surface area contributed by atoms with Gasteiger partial charge >= 0.3 is 0 Å². The number of aromatic nitrogens is 1. The number of rotatable bonds is 5. The third kappa shape index (κ3) is 3.22. The number of piperidine rings is 1. The molecule has 0 saturated carbocycles. The van der Waals surface area contributed by atoms with Crippen molar-refractivity contribution < 1.29 is 0 Å². The highest BCUT2D eigenvalue weighted by Gasteiger charge is 2.20. The zero-order valence-electron chi connectivity index (χ0n) is 11.7. The quantitative estimate of drug-likeness (QED) is 0.811. The van der Waals surface area contributed by atoms with E-state index in [9.17, 15) is 0 Å². The fourth-order valence-electron chi connectivity index (χ4n) is 2.69. The van der Waals surface area contributed by atoms with Gasteiger partial charge in [-0.2, -0.15) is 0 Å². The molecule has 2 rings (SSSR count). The van der Waals surface area contributed by atoms with Gasteiger partial charge in [-0.15, -0.1) is 0 Å². The van der Waals surface area contributed by atoms with Crippen LogP contribution in [0.4, 0.5) is 5.69 Å². The van der Waals surface area contributed by atoms with Crippen LogP contribution in [0.2, 0.25) is 0 Å². The first-order valence-corrected chi connectivity index (χ1v) is 7.23. The Hall–Kier alpha value is -1.09. The molecule has 2 heterocycles. The Labute approximate surface area is 111 Å². The topological polar surface area (TPSA) is 28.2 Å². The molecule has 1 saturated heterocycles. The lowest BCUT2D eigenvalue weighted by Crippen LogP contribution is -2.38. The van der Waals surface area contributed by atoms with Crippen LogP contribution in [0.25, 0.3) is 0 Å². The third-order valence-electron chi connectivity index (χ3n) is 3.73. The van der Waals surface area contributed by atoms with E-state index in [0.29, 0.717) is 6.04 Å². The minimum absolute atomic E-state index is 0.658. The first-order chi connectivity index (χ1) is 8.83. The first kappa shape index (κ1) is 13.3. The van der Waals surface area contributed by atoms with Crippen LogP contribution in [0.15, 0.2) is 18.5 Å². The van der Waals surface area contributed by atoms with Crippen LogP contribution < -0.4 is 10.2 Å². The molecule has 18 heavy (non-hydrogen) atoms. The van der Waals surface area contributed by atoms with E-state index >= 15 is 0 Å². The molecule has 1 aromatic rings. The number of nitrogens with zero attached hydrogens (tertiary/aromatic N) is 2. The standard InChI is InChI=1S/C15H25N3/c1-3-8-16-11-14-12-17-9-7-15(14)18-10-5-4-6-13(18)2/h7,9,12-13,16H,3-6,8,10-11H2,1-2H3. The van der Waals surface area contributed by atoms with Gasteiger partial charge in [-0.05, 0) is 45.2 Å². The molecular formula is C15H25N3. The smallest absolute Gasteiger partial charge is 0.0445 e. The number of anilines is 1. The van der Waals surface area contributed by atoms with Gasteiger partial charge in [0.25, 0.3) is 0 Å². The summed E-state index contributed by atoms with van der Waals surface area (Å²) < 4.78 is 0. The normalized spacial score (nSPS) is 20.1. The molecule has 3 heteroatoms. The monoisotopic (exact) mass is 247 g/mol. The third-order valence-corrected chi connectivity index (χ3v) is 3.73. The molecule has 1 unspecified atom stereocenters. The molecule has 3 nitrogen and oxygen atoms in total. The lowest BCUT2D eigenvalue weighted by atomic mass is 10.0. The van der Waals surface area contributed by atoms with E-state index in [1.54, 1.807) is 0 Å². The van der Waals surface area contributed by atoms with Crippen molar-refractivity contribution in [3.63, 3.8) is 0 Å². The Morgan fingerprint density at radius 2 is 2.33 bits per heavy atom. The summed E-state index contributed by atoms with van der Waals surface area (Å²) >= 11 is 0. The summed E-state index contributed by atoms with van der Waals surface area (Å²) in [4.78, 5) is 6.83. The van der Waals surface area contributed by atoms with E-state index in [4.69, 9.17) is 0 Å². The summed E-state index contributed by atoms with van der Waals surface area (Å²) in [5, 5.41) is 3.48. The first-order valence-electron chi connectivity index (χ1n) is 7.23. The second-order valence-electron chi connectivity index (χ2n) is 5.22. The average molecular weight is 247 g/mol. The summed E-state index contributed by atoms with van der Waals surface area (Å²) in [6.45, 7) is 7.72. The highest BCUT2D eigenvalue weighted by molar-refractivity contribution is 5.53. The molecule has 1 aliphatic heterocycles. The maximum absolute atomic E-state index is 4.28. The van der Waals surface area contributed by atoms with Crippen molar-refractivity contribution in [1.29, 1.82) is 0 Å². The van der Waals surface area contributed by atoms with Crippen LogP contribution in [0.5, 0.6) is 0 Å². The summed E-state index contributed by atoms with van der Waals surface area (Å²) in [7, 11) is 0. The highest BCUT2D eigenvalue weighted by Crippen LogP contribution is 2.27. The van der Waals surface area contributed by atoms with Gasteiger partial charge in [0, 0.05) is 42.8 Å². The molecule has 1 fully saturated rings. The number of pyridine rings is 1. The van der Waals surface area contributed by atoms with Crippen molar-refractivity contribution in [3.05, 3.63) is 24.0 Å². The second-order valence-corrected chi connectivity index (χ2v) is 5.22. The fourth-order valence-corrected chi connectivity index (χ4v) is 2.69. The summed E-state index contributed by atoms with van der Waals surface area (Å²) in [6, 6.07) is 2.83. The van der Waals surface area contributed by atoms with Crippen molar-refractivity contribution in [2.45, 2.75) is 52.1 Å². The van der Waals surface area contributed by atoms with E-state index < -0.39 is 0 Å². The summed E-state index contributed by atoms with van der Waals surface area (Å²) in [5.41, 5.74) is 2.71. The molecule has 1 aliphatic rings. The van der Waals surface area contributed by atoms with Crippen LogP contribution >= 0.6 is 0 Å². The second kappa shape index (κ2) is 6.74. The van der Waals surface area contributed by atoms with Gasteiger partial charge in [-0.1, -0.05) is 6.92 Å². The van der Waals surface area contributed by atoms with Crippen LogP contribution in [-0.2, 0) is 6.54 Å². The van der Waals surface area contributed by atoms with Gasteiger partial charge in [-0.25, -0.2) is 0 Å². The maximum Gasteiger partial charge on any atom is 0.0445 e. The van der Waals surface area contributed by atoms with Crippen molar-refractivity contribution in [2.24, 2.45) is 0 Å². The molecule has 0 radical (unpaired) electrons. The van der Waals surface area contributed by atoms with E-state index in [1.807, 2.05) is 12.4 Å². The molecule has 1 aromatic heterocycles. The Morgan fingerprint density at radius 1 is 1.44 bits per heavy atom. The Morgan fingerprint density at radius 3 is 3.11 bits per heavy atom. The van der Waals surface area contributed by atoms with E-state index in [1.165, 1.54) is 43.5 Å². The largest absolute Gasteiger partial charge is 0.368 e. The molecule has 1 N–H and O–H groups in total. The molecule has 100 valence electrons. The minimum Gasteiger partial charge on any atom is -0.368 e. The summed E-state index contributed by atoms with van der Waals surface area (Å²) in [6.07, 6.45) is 9.10. The molecule has 0 amide bonds. The average Bonchev–Trinajstić information content (AvgIpc) is 2.40. The van der Waals surface area contributed by atoms with Gasteiger partial charge in [0.15, 0.2) is 0 Å². The van der Waals surface area contributed by atoms with Crippen LogP contribution in [0.1, 0.15) is 45.1 Å². The molecule has 1 atom stereocenters. The molecule has 0 bridgehead atoms. The molecule has 0 aliphatic carbocycles. The predicted molar refractivity (Wildman–Crippen MR) is 76.9 cm³/mol. The Bertz CT molecular complexity index is 365. The Balaban J connectivity index is 2.10. The maximum atomic E-state index is 4.28. The zero-order chi connectivity index (χ0) is 12.8. The minimum atomic E-state index is 0.658. The number of nitrogens with one attached hydrogen (secondary N) is 1.